The molecule has 1 fully saturated rings. The second-order valence-corrected chi connectivity index (χ2v) is 6.98. The normalized spacial score (nSPS) is 16.5. The molecule has 2 heterocycles. The Morgan fingerprint density at radius 3 is 2.95 bits per heavy atom. The zero-order chi connectivity index (χ0) is 14.8. The predicted octanol–water partition coefficient (Wildman–Crippen LogP) is 3.30. The maximum atomic E-state index is 12.2. The summed E-state index contributed by atoms with van der Waals surface area (Å²) in [5.74, 6) is 1.45. The summed E-state index contributed by atoms with van der Waals surface area (Å²) < 4.78 is 5.36. The fourth-order valence-corrected chi connectivity index (χ4v) is 3.85. The van der Waals surface area contributed by atoms with E-state index in [2.05, 4.69) is 9.97 Å². The van der Waals surface area contributed by atoms with Crippen molar-refractivity contribution in [2.75, 3.05) is 13.2 Å². The minimum Gasteiger partial charge on any atom is -0.381 e. The summed E-state index contributed by atoms with van der Waals surface area (Å²) in [5, 5.41) is 1.71. The second-order valence-electron chi connectivity index (χ2n) is 5.25. The number of H-pyrrole nitrogens is 1. The lowest BCUT2D eigenvalue weighted by atomic mass is 10.1. The number of halogens is 1. The number of fused-ring (bicyclic) bond motifs is 1. The van der Waals surface area contributed by atoms with E-state index in [-0.39, 0.29) is 5.56 Å². The van der Waals surface area contributed by atoms with Crippen molar-refractivity contribution in [1.82, 2.24) is 9.97 Å². The molecular formula is C15H17ClN2O2S. The van der Waals surface area contributed by atoms with Gasteiger partial charge in [0.15, 0.2) is 0 Å². The number of aryl methyl sites for hydroxylation is 1. The van der Waals surface area contributed by atoms with Crippen LogP contribution in [0.3, 0.4) is 0 Å². The smallest absolute Gasteiger partial charge is 0.258 e. The van der Waals surface area contributed by atoms with Gasteiger partial charge >= 0.3 is 0 Å². The third-order valence-electron chi connectivity index (χ3n) is 3.64. The summed E-state index contributed by atoms with van der Waals surface area (Å²) in [5.41, 5.74) is 1.56. The maximum absolute atomic E-state index is 12.2. The molecule has 2 aromatic rings. The molecule has 0 saturated carbocycles. The number of aromatic nitrogens is 2. The van der Waals surface area contributed by atoms with E-state index >= 15 is 0 Å². The van der Waals surface area contributed by atoms with Crippen molar-refractivity contribution >= 4 is 34.3 Å². The first-order chi connectivity index (χ1) is 10.1. The van der Waals surface area contributed by atoms with E-state index in [9.17, 15) is 4.79 Å². The molecule has 1 aliphatic heterocycles. The minimum absolute atomic E-state index is 0.117. The van der Waals surface area contributed by atoms with Gasteiger partial charge in [-0.1, -0.05) is 11.6 Å². The molecule has 21 heavy (non-hydrogen) atoms. The Bertz CT molecular complexity index is 711. The van der Waals surface area contributed by atoms with Crippen LogP contribution in [0.5, 0.6) is 0 Å². The summed E-state index contributed by atoms with van der Waals surface area (Å²) in [6.07, 6.45) is 2.13. The zero-order valence-corrected chi connectivity index (χ0v) is 13.4. The summed E-state index contributed by atoms with van der Waals surface area (Å²) >= 11 is 7.84. The Morgan fingerprint density at radius 1 is 1.43 bits per heavy atom. The van der Waals surface area contributed by atoms with Crippen LogP contribution < -0.4 is 5.56 Å². The SMILES string of the molecule is Cc1cc(Cl)cc2c(=O)[nH]c(CSC3CCOCC3)nc12. The lowest BCUT2D eigenvalue weighted by molar-refractivity contribution is 0.1000. The molecule has 6 heteroatoms. The first-order valence-electron chi connectivity index (χ1n) is 7.02. The lowest BCUT2D eigenvalue weighted by Crippen LogP contribution is -2.18. The predicted molar refractivity (Wildman–Crippen MR) is 87.2 cm³/mol. The number of ether oxygens (including phenoxy) is 1. The molecule has 1 aromatic carbocycles. The molecular weight excluding hydrogens is 308 g/mol. The zero-order valence-electron chi connectivity index (χ0n) is 11.8. The molecule has 0 atom stereocenters. The number of nitrogens with one attached hydrogen (secondary N) is 1. The van der Waals surface area contributed by atoms with Gasteiger partial charge in [0.05, 0.1) is 16.7 Å². The highest BCUT2D eigenvalue weighted by Gasteiger charge is 2.15. The van der Waals surface area contributed by atoms with Crippen LogP contribution in [0.15, 0.2) is 16.9 Å². The monoisotopic (exact) mass is 324 g/mol. The van der Waals surface area contributed by atoms with E-state index in [0.717, 1.165) is 48.7 Å². The number of hydrogen-bond donors (Lipinski definition) is 1. The number of benzene rings is 1. The van der Waals surface area contributed by atoms with Crippen LogP contribution in [0.4, 0.5) is 0 Å². The van der Waals surface area contributed by atoms with Crippen LogP contribution in [0.2, 0.25) is 5.02 Å². The third-order valence-corrected chi connectivity index (χ3v) is 5.24. The van der Waals surface area contributed by atoms with Gasteiger partial charge in [-0.3, -0.25) is 4.79 Å². The summed E-state index contributed by atoms with van der Waals surface area (Å²) in [7, 11) is 0. The number of aromatic amines is 1. The van der Waals surface area contributed by atoms with Crippen LogP contribution in [-0.2, 0) is 10.5 Å². The van der Waals surface area contributed by atoms with Gasteiger partial charge in [-0.25, -0.2) is 4.98 Å². The average Bonchev–Trinajstić information content (AvgIpc) is 2.47. The number of hydrogen-bond acceptors (Lipinski definition) is 4. The third kappa shape index (κ3) is 3.42. The maximum Gasteiger partial charge on any atom is 0.258 e. The fourth-order valence-electron chi connectivity index (χ4n) is 2.53. The average molecular weight is 325 g/mol. The molecule has 1 saturated heterocycles. The molecule has 0 bridgehead atoms. The molecule has 3 rings (SSSR count). The molecule has 112 valence electrons. The van der Waals surface area contributed by atoms with E-state index in [0.29, 0.717) is 15.7 Å². The molecule has 0 amide bonds. The van der Waals surface area contributed by atoms with E-state index in [1.54, 1.807) is 6.07 Å². The Kier molecular flexibility index (Phi) is 4.52. The molecule has 0 aliphatic carbocycles. The van der Waals surface area contributed by atoms with Gasteiger partial charge in [-0.15, -0.1) is 0 Å². The van der Waals surface area contributed by atoms with Crippen LogP contribution in [0.1, 0.15) is 24.2 Å². The van der Waals surface area contributed by atoms with Crippen molar-refractivity contribution in [2.24, 2.45) is 0 Å². The number of nitrogens with zero attached hydrogens (tertiary/aromatic N) is 1. The fraction of sp³-hybridized carbons (Fsp3) is 0.467. The molecule has 0 spiro atoms. The lowest BCUT2D eigenvalue weighted by Gasteiger charge is -2.21. The van der Waals surface area contributed by atoms with Crippen molar-refractivity contribution in [3.05, 3.63) is 38.9 Å². The van der Waals surface area contributed by atoms with Crippen molar-refractivity contribution in [3.8, 4) is 0 Å². The van der Waals surface area contributed by atoms with Gasteiger partial charge in [0.1, 0.15) is 5.82 Å². The highest BCUT2D eigenvalue weighted by molar-refractivity contribution is 7.99. The van der Waals surface area contributed by atoms with E-state index < -0.39 is 0 Å². The van der Waals surface area contributed by atoms with Crippen LogP contribution >= 0.6 is 23.4 Å². The van der Waals surface area contributed by atoms with Gasteiger partial charge in [0.2, 0.25) is 0 Å². The molecule has 1 aromatic heterocycles. The topological polar surface area (TPSA) is 55.0 Å². The Morgan fingerprint density at radius 2 is 2.19 bits per heavy atom. The first kappa shape index (κ1) is 14.9. The van der Waals surface area contributed by atoms with E-state index in [1.165, 1.54) is 0 Å². The molecule has 1 aliphatic rings. The van der Waals surface area contributed by atoms with Gasteiger partial charge < -0.3 is 9.72 Å². The quantitative estimate of drug-likeness (QED) is 0.941. The van der Waals surface area contributed by atoms with Gasteiger partial charge in [0, 0.05) is 23.5 Å². The molecule has 0 unspecified atom stereocenters. The standard InChI is InChI=1S/C15H17ClN2O2S/c1-9-6-10(16)7-12-14(9)17-13(18-15(12)19)8-21-11-2-4-20-5-3-11/h6-7,11H,2-5,8H2,1H3,(H,17,18,19). The molecule has 0 radical (unpaired) electrons. The first-order valence-corrected chi connectivity index (χ1v) is 8.44. The van der Waals surface area contributed by atoms with Gasteiger partial charge in [-0.05, 0) is 37.5 Å². The second kappa shape index (κ2) is 6.38. The summed E-state index contributed by atoms with van der Waals surface area (Å²) in [6.45, 7) is 3.59. The molecule has 1 N–H and O–H groups in total. The summed E-state index contributed by atoms with van der Waals surface area (Å²) in [6, 6.07) is 3.51. The van der Waals surface area contributed by atoms with Crippen molar-refractivity contribution in [3.63, 3.8) is 0 Å². The van der Waals surface area contributed by atoms with Crippen molar-refractivity contribution in [1.29, 1.82) is 0 Å². The van der Waals surface area contributed by atoms with E-state index in [4.69, 9.17) is 16.3 Å². The highest BCUT2D eigenvalue weighted by Crippen LogP contribution is 2.25. The van der Waals surface area contributed by atoms with E-state index in [1.807, 2.05) is 24.8 Å². The Balaban J connectivity index is 1.84. The van der Waals surface area contributed by atoms with Crippen LogP contribution in [0, 0.1) is 6.92 Å². The Labute approximate surface area is 132 Å². The van der Waals surface area contributed by atoms with Crippen LogP contribution in [0.25, 0.3) is 10.9 Å². The van der Waals surface area contributed by atoms with Gasteiger partial charge in [0.25, 0.3) is 5.56 Å². The van der Waals surface area contributed by atoms with Gasteiger partial charge in [-0.2, -0.15) is 11.8 Å². The highest BCUT2D eigenvalue weighted by atomic mass is 35.5. The number of thioether (sulfide) groups is 1. The van der Waals surface area contributed by atoms with Crippen molar-refractivity contribution < 1.29 is 4.74 Å². The van der Waals surface area contributed by atoms with Crippen molar-refractivity contribution in [2.45, 2.75) is 30.8 Å². The molecule has 4 nitrogen and oxygen atoms in total. The summed E-state index contributed by atoms with van der Waals surface area (Å²) in [4.78, 5) is 19.6. The van der Waals surface area contributed by atoms with Crippen LogP contribution in [-0.4, -0.2) is 28.4 Å². The Hall–Kier alpha value is -1.04. The minimum atomic E-state index is -0.117. The largest absolute Gasteiger partial charge is 0.381 e. The number of rotatable bonds is 3.